The van der Waals surface area contributed by atoms with Gasteiger partial charge in [-0.25, -0.2) is 4.79 Å². The number of carbonyl (C=O) groups is 3. The molecule has 1 aliphatic rings. The van der Waals surface area contributed by atoms with Crippen LogP contribution in [0.2, 0.25) is 0 Å². The van der Waals surface area contributed by atoms with Gasteiger partial charge in [-0.3, -0.25) is 9.59 Å². The van der Waals surface area contributed by atoms with E-state index < -0.39 is 17.6 Å². The summed E-state index contributed by atoms with van der Waals surface area (Å²) in [6.07, 6.45) is 1.11. The minimum absolute atomic E-state index is 0.142. The van der Waals surface area contributed by atoms with Crippen molar-refractivity contribution >= 4 is 29.2 Å². The molecule has 1 heterocycles. The smallest absolute Gasteiger partial charge is 0.319 e. The van der Waals surface area contributed by atoms with Crippen molar-refractivity contribution in [3.63, 3.8) is 0 Å². The predicted molar refractivity (Wildman–Crippen MR) is 161 cm³/mol. The van der Waals surface area contributed by atoms with Gasteiger partial charge in [-0.05, 0) is 87.9 Å². The summed E-state index contributed by atoms with van der Waals surface area (Å²) in [6, 6.07) is 20.5. The van der Waals surface area contributed by atoms with Gasteiger partial charge in [0.25, 0.3) is 0 Å². The highest BCUT2D eigenvalue weighted by molar-refractivity contribution is 6.05. The molecule has 0 aromatic heterocycles. The van der Waals surface area contributed by atoms with Crippen molar-refractivity contribution < 1.29 is 14.4 Å². The molecule has 4 amide bonds. The summed E-state index contributed by atoms with van der Waals surface area (Å²) < 4.78 is 0. The molecule has 3 aromatic carbocycles. The van der Waals surface area contributed by atoms with Crippen LogP contribution < -0.4 is 20.9 Å². The van der Waals surface area contributed by atoms with Crippen molar-refractivity contribution in [3.05, 3.63) is 94.5 Å². The quantitative estimate of drug-likeness (QED) is 0.345. The Labute approximate surface area is 237 Å². The van der Waals surface area contributed by atoms with E-state index in [1.54, 1.807) is 6.07 Å². The molecule has 3 N–H and O–H groups in total. The summed E-state index contributed by atoms with van der Waals surface area (Å²) in [7, 11) is 0. The monoisotopic (exact) mass is 540 g/mol. The van der Waals surface area contributed by atoms with Crippen LogP contribution in [0.4, 0.5) is 16.2 Å². The van der Waals surface area contributed by atoms with E-state index in [0.717, 1.165) is 34.2 Å². The van der Waals surface area contributed by atoms with Crippen LogP contribution in [0.5, 0.6) is 0 Å². The van der Waals surface area contributed by atoms with E-state index in [0.29, 0.717) is 17.8 Å². The maximum absolute atomic E-state index is 14.2. The summed E-state index contributed by atoms with van der Waals surface area (Å²) >= 11 is 0. The molecular weight excluding hydrogens is 500 g/mol. The second kappa shape index (κ2) is 11.9. The van der Waals surface area contributed by atoms with Crippen LogP contribution in [0.25, 0.3) is 0 Å². The average Bonchev–Trinajstić information content (AvgIpc) is 2.99. The van der Waals surface area contributed by atoms with Crippen molar-refractivity contribution in [2.75, 3.05) is 16.8 Å². The van der Waals surface area contributed by atoms with Crippen molar-refractivity contribution in [2.24, 2.45) is 0 Å². The fourth-order valence-corrected chi connectivity index (χ4v) is 5.05. The predicted octanol–water partition coefficient (Wildman–Crippen LogP) is 5.98. The maximum atomic E-state index is 14.2. The Balaban J connectivity index is 1.73. The van der Waals surface area contributed by atoms with E-state index in [2.05, 4.69) is 40.2 Å². The number of hydrogen-bond donors (Lipinski definition) is 3. The summed E-state index contributed by atoms with van der Waals surface area (Å²) in [4.78, 5) is 42.1. The van der Waals surface area contributed by atoms with Gasteiger partial charge >= 0.3 is 6.03 Å². The fourth-order valence-electron chi connectivity index (χ4n) is 5.05. The highest BCUT2D eigenvalue weighted by Crippen LogP contribution is 2.40. The zero-order valence-corrected chi connectivity index (χ0v) is 24.3. The van der Waals surface area contributed by atoms with Crippen molar-refractivity contribution in [1.82, 2.24) is 10.6 Å². The molecule has 7 heteroatoms. The van der Waals surface area contributed by atoms with Crippen LogP contribution in [0, 0.1) is 20.8 Å². The molecule has 210 valence electrons. The molecule has 2 atom stereocenters. The number of benzene rings is 3. The van der Waals surface area contributed by atoms with Crippen LogP contribution in [0.1, 0.15) is 67.3 Å². The molecule has 0 saturated carbocycles. The fraction of sp³-hybridized carbons (Fsp3) is 0.364. The Morgan fingerprint density at radius 1 is 0.925 bits per heavy atom. The van der Waals surface area contributed by atoms with Crippen LogP contribution in [0.15, 0.2) is 66.7 Å². The highest BCUT2D eigenvalue weighted by atomic mass is 16.2. The van der Waals surface area contributed by atoms with Crippen LogP contribution in [-0.2, 0) is 9.59 Å². The van der Waals surface area contributed by atoms with Gasteiger partial charge in [-0.15, -0.1) is 0 Å². The summed E-state index contributed by atoms with van der Waals surface area (Å²) in [5.41, 5.74) is 6.08. The van der Waals surface area contributed by atoms with E-state index in [4.69, 9.17) is 0 Å². The molecule has 7 nitrogen and oxygen atoms in total. The van der Waals surface area contributed by atoms with Gasteiger partial charge in [0, 0.05) is 22.8 Å². The third kappa shape index (κ3) is 6.89. The Morgan fingerprint density at radius 2 is 1.60 bits per heavy atom. The van der Waals surface area contributed by atoms with E-state index in [1.165, 1.54) is 4.90 Å². The summed E-state index contributed by atoms with van der Waals surface area (Å²) in [5.74, 6) is -0.723. The highest BCUT2D eigenvalue weighted by Gasteiger charge is 2.38. The number of hydrogen-bond acceptors (Lipinski definition) is 3. The second-order valence-electron chi connectivity index (χ2n) is 11.5. The minimum Gasteiger partial charge on any atom is -0.350 e. The number of anilines is 2. The number of rotatable bonds is 7. The first-order chi connectivity index (χ1) is 19.0. The summed E-state index contributed by atoms with van der Waals surface area (Å²) in [5, 5.41) is 8.83. The molecule has 0 radical (unpaired) electrons. The Bertz CT molecular complexity index is 1400. The molecule has 0 saturated heterocycles. The third-order valence-corrected chi connectivity index (χ3v) is 7.61. The molecule has 0 aliphatic carbocycles. The molecule has 0 bridgehead atoms. The first-order valence-electron chi connectivity index (χ1n) is 13.9. The normalized spacial score (nSPS) is 17.1. The zero-order valence-electron chi connectivity index (χ0n) is 24.3. The first kappa shape index (κ1) is 28.9. The minimum atomic E-state index is -0.851. The number of fused-ring (bicyclic) bond motifs is 1. The largest absolute Gasteiger partial charge is 0.350 e. The van der Waals surface area contributed by atoms with Crippen LogP contribution in [0.3, 0.4) is 0 Å². The lowest BCUT2D eigenvalue weighted by Crippen LogP contribution is -2.53. The van der Waals surface area contributed by atoms with Gasteiger partial charge in [-0.1, -0.05) is 61.0 Å². The van der Waals surface area contributed by atoms with E-state index in [9.17, 15) is 14.4 Å². The zero-order chi connectivity index (χ0) is 29.0. The molecule has 0 spiro atoms. The third-order valence-electron chi connectivity index (χ3n) is 7.61. The second-order valence-corrected chi connectivity index (χ2v) is 11.5. The number of amides is 4. The van der Waals surface area contributed by atoms with Gasteiger partial charge in [0.2, 0.25) is 11.8 Å². The molecule has 40 heavy (non-hydrogen) atoms. The molecule has 3 aromatic rings. The van der Waals surface area contributed by atoms with Crippen LogP contribution >= 0.6 is 0 Å². The first-order valence-corrected chi connectivity index (χ1v) is 13.9. The molecular formula is C33H40N4O3. The molecule has 0 fully saturated rings. The number of carbonyl (C=O) groups excluding carboxylic acids is 3. The Hall–Kier alpha value is -4.13. The number of urea groups is 1. The van der Waals surface area contributed by atoms with E-state index >= 15 is 0 Å². The lowest BCUT2D eigenvalue weighted by molar-refractivity contribution is -0.125. The molecule has 2 unspecified atom stereocenters. The Kier molecular flexibility index (Phi) is 8.62. The van der Waals surface area contributed by atoms with Gasteiger partial charge < -0.3 is 20.9 Å². The number of aryl methyl sites for hydroxylation is 3. The molecule has 4 rings (SSSR count). The lowest BCUT2D eigenvalue weighted by Gasteiger charge is -2.29. The Morgan fingerprint density at radius 3 is 2.27 bits per heavy atom. The standard InChI is InChI=1S/C33H40N4O3/c1-7-33(5,6)36-30(38)20-37-29-18-23(4)13-16-26(29)27(24-14-11-21(2)12-15-24)19-28(31(37)39)35-32(40)34-25-10-8-9-22(3)17-25/h8-18,27-28H,7,19-20H2,1-6H3,(H,36,38)(H2,34,35,40). The van der Waals surface area contributed by atoms with Crippen molar-refractivity contribution in [2.45, 2.75) is 71.9 Å². The van der Waals surface area contributed by atoms with E-state index in [-0.39, 0.29) is 24.3 Å². The number of nitrogens with one attached hydrogen (secondary N) is 3. The lowest BCUT2D eigenvalue weighted by atomic mass is 9.85. The number of nitrogens with zero attached hydrogens (tertiary/aromatic N) is 1. The SMILES string of the molecule is CCC(C)(C)NC(=O)CN1C(=O)C(NC(=O)Nc2cccc(C)c2)CC(c2ccc(C)cc2)c2ccc(C)cc21. The van der Waals surface area contributed by atoms with Crippen LogP contribution in [-0.4, -0.2) is 36.0 Å². The van der Waals surface area contributed by atoms with Crippen molar-refractivity contribution in [3.8, 4) is 0 Å². The topological polar surface area (TPSA) is 90.5 Å². The van der Waals surface area contributed by atoms with E-state index in [1.807, 2.05) is 77.9 Å². The maximum Gasteiger partial charge on any atom is 0.319 e. The average molecular weight is 541 g/mol. The van der Waals surface area contributed by atoms with Gasteiger partial charge in [0.05, 0.1) is 0 Å². The van der Waals surface area contributed by atoms with Gasteiger partial charge in [0.15, 0.2) is 0 Å². The summed E-state index contributed by atoms with van der Waals surface area (Å²) in [6.45, 7) is 11.7. The van der Waals surface area contributed by atoms with Gasteiger partial charge in [0.1, 0.15) is 12.6 Å². The van der Waals surface area contributed by atoms with Crippen molar-refractivity contribution in [1.29, 1.82) is 0 Å². The molecule has 1 aliphatic heterocycles. The van der Waals surface area contributed by atoms with Gasteiger partial charge in [-0.2, -0.15) is 0 Å².